The van der Waals surface area contributed by atoms with E-state index in [9.17, 15) is 22.8 Å². The number of halogens is 4. The molecule has 2 aromatic heterocycles. The lowest BCUT2D eigenvalue weighted by Crippen LogP contribution is -2.26. The molecule has 3 rings (SSSR count). The number of benzene rings is 1. The van der Waals surface area contributed by atoms with E-state index in [0.717, 1.165) is 34.0 Å². The number of nitrogens with zero attached hydrogens (tertiary/aromatic N) is 2. The van der Waals surface area contributed by atoms with Crippen LogP contribution >= 0.6 is 22.9 Å². The fourth-order valence-electron chi connectivity index (χ4n) is 3.16. The molecule has 1 atom stereocenters. The van der Waals surface area contributed by atoms with Crippen molar-refractivity contribution in [1.82, 2.24) is 20.6 Å². The molecule has 0 aliphatic carbocycles. The number of carbonyl (C=O) groups excluding carboxylic acids is 2. The molecule has 0 bridgehead atoms. The van der Waals surface area contributed by atoms with Gasteiger partial charge >= 0.3 is 6.18 Å². The molecule has 188 valence electrons. The molecule has 0 radical (unpaired) electrons. The van der Waals surface area contributed by atoms with Gasteiger partial charge in [0.25, 0.3) is 11.8 Å². The number of hydrogen-bond donors (Lipinski definition) is 2. The van der Waals surface area contributed by atoms with Gasteiger partial charge in [0.05, 0.1) is 23.3 Å². The van der Waals surface area contributed by atoms with E-state index in [1.54, 1.807) is 25.1 Å². The number of alkyl halides is 3. The van der Waals surface area contributed by atoms with Crippen LogP contribution in [0, 0.1) is 6.92 Å². The molecule has 3 aromatic rings. The minimum Gasteiger partial charge on any atom is -0.343 e. The van der Waals surface area contributed by atoms with Gasteiger partial charge in [-0.25, -0.2) is 4.98 Å². The van der Waals surface area contributed by atoms with E-state index in [4.69, 9.17) is 11.6 Å². The van der Waals surface area contributed by atoms with Crippen LogP contribution in [0.1, 0.15) is 50.6 Å². The maximum Gasteiger partial charge on any atom is 0.417 e. The molecule has 0 saturated heterocycles. The average molecular weight is 535 g/mol. The zero-order valence-corrected chi connectivity index (χ0v) is 21.1. The van der Waals surface area contributed by atoms with Gasteiger partial charge in [-0.15, -0.1) is 11.3 Å². The van der Waals surface area contributed by atoms with Crippen LogP contribution in [0.4, 0.5) is 13.2 Å². The van der Waals surface area contributed by atoms with Crippen LogP contribution in [0.3, 0.4) is 0 Å². The summed E-state index contributed by atoms with van der Waals surface area (Å²) < 4.78 is 39.6. The van der Waals surface area contributed by atoms with Crippen molar-refractivity contribution in [1.29, 1.82) is 0 Å². The SMILES string of the molecule is C=C(C=C(C(Cl)=CC)C(F)(F)F)NC(=O)c1cnc(C(C)NC(=O)c2ccc3nc(C)ccc3c2)s1. The van der Waals surface area contributed by atoms with Gasteiger partial charge in [-0.1, -0.05) is 30.3 Å². The van der Waals surface area contributed by atoms with Crippen LogP contribution in [0.15, 0.2) is 71.6 Å². The Balaban J connectivity index is 1.67. The van der Waals surface area contributed by atoms with Gasteiger partial charge in [0.1, 0.15) is 9.88 Å². The smallest absolute Gasteiger partial charge is 0.343 e. The maximum absolute atomic E-state index is 13.2. The molecule has 6 nitrogen and oxygen atoms in total. The molecule has 11 heteroatoms. The minimum atomic E-state index is -4.72. The third-order valence-electron chi connectivity index (χ3n) is 4.96. The van der Waals surface area contributed by atoms with Crippen molar-refractivity contribution >= 4 is 45.7 Å². The van der Waals surface area contributed by atoms with Crippen molar-refractivity contribution in [3.05, 3.63) is 92.7 Å². The van der Waals surface area contributed by atoms with Crippen molar-refractivity contribution in [2.75, 3.05) is 0 Å². The Hall–Kier alpha value is -3.50. The van der Waals surface area contributed by atoms with Crippen molar-refractivity contribution in [3.8, 4) is 0 Å². The number of pyridine rings is 1. The molecule has 1 aromatic carbocycles. The van der Waals surface area contributed by atoms with Gasteiger partial charge in [0.2, 0.25) is 0 Å². The van der Waals surface area contributed by atoms with Gasteiger partial charge in [0, 0.05) is 27.4 Å². The lowest BCUT2D eigenvalue weighted by Gasteiger charge is -2.12. The Bertz CT molecular complexity index is 1400. The standard InChI is InChI=1S/C25H22ClF3N4O2S/c1-5-19(26)18(25(27,28)29)10-14(3)32-23(35)21-12-30-24(36-21)15(4)33-22(34)17-8-9-20-16(11-17)7-6-13(2)31-20/h5-12,15H,3H2,1-2,4H3,(H,32,35)(H,33,34). The number of aryl methyl sites for hydroxylation is 1. The average Bonchev–Trinajstić information content (AvgIpc) is 3.31. The van der Waals surface area contributed by atoms with E-state index in [2.05, 4.69) is 27.2 Å². The number of allylic oxidation sites excluding steroid dienone is 4. The zero-order valence-electron chi connectivity index (χ0n) is 19.5. The molecule has 0 spiro atoms. The molecule has 2 heterocycles. The fourth-order valence-corrected chi connectivity index (χ4v) is 4.14. The molecule has 1 unspecified atom stereocenters. The Morgan fingerprint density at radius 2 is 1.92 bits per heavy atom. The Kier molecular flexibility index (Phi) is 8.31. The maximum atomic E-state index is 13.2. The van der Waals surface area contributed by atoms with E-state index >= 15 is 0 Å². The summed E-state index contributed by atoms with van der Waals surface area (Å²) in [7, 11) is 0. The summed E-state index contributed by atoms with van der Waals surface area (Å²) in [5.74, 6) is -1.01. The van der Waals surface area contributed by atoms with Gasteiger partial charge < -0.3 is 10.6 Å². The highest BCUT2D eigenvalue weighted by Crippen LogP contribution is 2.33. The first kappa shape index (κ1) is 27.1. The van der Waals surface area contributed by atoms with Gasteiger partial charge in [-0.2, -0.15) is 13.2 Å². The normalized spacial score (nSPS) is 13.4. The number of rotatable bonds is 7. The van der Waals surface area contributed by atoms with Gasteiger partial charge in [-0.05, 0) is 51.1 Å². The first-order valence-electron chi connectivity index (χ1n) is 10.6. The molecule has 2 amide bonds. The van der Waals surface area contributed by atoms with Crippen LogP contribution in [0.2, 0.25) is 0 Å². The molecule has 0 aliphatic heterocycles. The van der Waals surface area contributed by atoms with Crippen molar-refractivity contribution in [2.45, 2.75) is 33.0 Å². The lowest BCUT2D eigenvalue weighted by atomic mass is 10.1. The van der Waals surface area contributed by atoms with Crippen LogP contribution in [0.5, 0.6) is 0 Å². The molecule has 2 N–H and O–H groups in total. The Labute approximate surface area is 214 Å². The highest BCUT2D eigenvalue weighted by molar-refractivity contribution is 7.13. The zero-order chi connectivity index (χ0) is 26.6. The largest absolute Gasteiger partial charge is 0.417 e. The predicted octanol–water partition coefficient (Wildman–Crippen LogP) is 6.37. The van der Waals surface area contributed by atoms with Crippen LogP contribution in [-0.4, -0.2) is 28.0 Å². The first-order chi connectivity index (χ1) is 16.9. The number of carbonyl (C=O) groups is 2. The number of aromatic nitrogens is 2. The van der Waals surface area contributed by atoms with Gasteiger partial charge in [0.15, 0.2) is 0 Å². The minimum absolute atomic E-state index is 0.137. The summed E-state index contributed by atoms with van der Waals surface area (Å²) in [4.78, 5) is 34.0. The van der Waals surface area contributed by atoms with Gasteiger partial charge in [-0.3, -0.25) is 14.6 Å². The third kappa shape index (κ3) is 6.58. The summed E-state index contributed by atoms with van der Waals surface area (Å²) in [6.45, 7) is 8.42. The summed E-state index contributed by atoms with van der Waals surface area (Å²) >= 11 is 6.64. The molecule has 0 fully saturated rings. The number of thiazole rings is 1. The molecule has 0 saturated carbocycles. The van der Waals surface area contributed by atoms with Crippen LogP contribution in [-0.2, 0) is 0 Å². The van der Waals surface area contributed by atoms with Crippen molar-refractivity contribution in [3.63, 3.8) is 0 Å². The third-order valence-corrected chi connectivity index (χ3v) is 6.57. The molecule has 0 aliphatic rings. The second-order valence-electron chi connectivity index (χ2n) is 7.79. The second-order valence-corrected chi connectivity index (χ2v) is 9.26. The van der Waals surface area contributed by atoms with E-state index in [1.165, 1.54) is 13.1 Å². The fraction of sp³-hybridized carbons (Fsp3) is 0.200. The number of nitrogens with one attached hydrogen (secondary N) is 2. The van der Waals surface area contributed by atoms with E-state index in [0.29, 0.717) is 16.6 Å². The lowest BCUT2D eigenvalue weighted by molar-refractivity contribution is -0.0887. The van der Waals surface area contributed by atoms with Crippen LogP contribution in [0.25, 0.3) is 10.9 Å². The molecular formula is C25H22ClF3N4O2S. The topological polar surface area (TPSA) is 84.0 Å². The second kappa shape index (κ2) is 11.0. The summed E-state index contributed by atoms with van der Waals surface area (Å²) in [6, 6.07) is 8.40. The van der Waals surface area contributed by atoms with Crippen molar-refractivity contribution < 1.29 is 22.8 Å². The number of amides is 2. The molecular weight excluding hydrogens is 513 g/mol. The Morgan fingerprint density at radius 1 is 1.19 bits per heavy atom. The van der Waals surface area contributed by atoms with Crippen molar-refractivity contribution in [2.24, 2.45) is 0 Å². The summed E-state index contributed by atoms with van der Waals surface area (Å²) in [5.41, 5.74) is 0.682. The monoisotopic (exact) mass is 534 g/mol. The first-order valence-corrected chi connectivity index (χ1v) is 11.8. The predicted molar refractivity (Wildman–Crippen MR) is 135 cm³/mol. The Morgan fingerprint density at radius 3 is 2.58 bits per heavy atom. The van der Waals surface area contributed by atoms with E-state index < -0.39 is 28.7 Å². The highest BCUT2D eigenvalue weighted by Gasteiger charge is 2.35. The quantitative estimate of drug-likeness (QED) is 0.345. The number of fused-ring (bicyclic) bond motifs is 1. The highest BCUT2D eigenvalue weighted by atomic mass is 35.5. The van der Waals surface area contributed by atoms with E-state index in [-0.39, 0.29) is 16.5 Å². The van der Waals surface area contributed by atoms with E-state index in [1.807, 2.05) is 19.1 Å². The molecule has 36 heavy (non-hydrogen) atoms. The number of hydrogen-bond acceptors (Lipinski definition) is 5. The summed E-state index contributed by atoms with van der Waals surface area (Å²) in [6.07, 6.45) is -1.69. The summed E-state index contributed by atoms with van der Waals surface area (Å²) in [5, 5.41) is 5.88. The van der Waals surface area contributed by atoms with Crippen LogP contribution < -0.4 is 10.6 Å².